The summed E-state index contributed by atoms with van der Waals surface area (Å²) < 4.78 is 5.77. The van der Waals surface area contributed by atoms with Crippen molar-refractivity contribution in [1.29, 1.82) is 0 Å². The number of nitrogens with zero attached hydrogens (tertiary/aromatic N) is 1. The van der Waals surface area contributed by atoms with Gasteiger partial charge in [-0.05, 0) is 42.0 Å². The van der Waals surface area contributed by atoms with Gasteiger partial charge < -0.3 is 14.7 Å². The molecule has 0 saturated carbocycles. The van der Waals surface area contributed by atoms with Gasteiger partial charge in [0, 0.05) is 12.1 Å². The number of hydrogen-bond donors (Lipinski definition) is 1. The number of carbonyl (C=O) groups is 2. The Morgan fingerprint density at radius 3 is 2.42 bits per heavy atom. The molecule has 0 bridgehead atoms. The average molecular weight is 422 g/mol. The van der Waals surface area contributed by atoms with Crippen LogP contribution in [0.2, 0.25) is 0 Å². The van der Waals surface area contributed by atoms with Crippen LogP contribution in [0.5, 0.6) is 5.75 Å². The lowest BCUT2D eigenvalue weighted by Gasteiger charge is -2.25. The average Bonchev–Trinajstić information content (AvgIpc) is 3.02. The van der Waals surface area contributed by atoms with Crippen LogP contribution in [0.25, 0.3) is 5.76 Å². The molecule has 0 aromatic heterocycles. The number of carbonyl (C=O) groups excluding carboxylic acids is 2. The van der Waals surface area contributed by atoms with Crippen molar-refractivity contribution in [2.24, 2.45) is 5.92 Å². The van der Waals surface area contributed by atoms with Gasteiger partial charge in [-0.2, -0.15) is 0 Å². The van der Waals surface area contributed by atoms with E-state index in [9.17, 15) is 14.7 Å². The second-order valence-corrected chi connectivity index (χ2v) is 8.32. The van der Waals surface area contributed by atoms with Gasteiger partial charge in [0.15, 0.2) is 0 Å². The standard InChI is InChI=1S/C26H31NO4/c1-5-14-27-23(19-12-10-18(6-2)11-13-19)22(25(29)26(27)30)24(28)20-8-7-9-21(15-20)31-16-17(3)4/h7-13,15,17,23,28H,5-6,14,16H2,1-4H3/b24-22-. The van der Waals surface area contributed by atoms with Gasteiger partial charge in [0.05, 0.1) is 18.2 Å². The molecule has 0 spiro atoms. The zero-order valence-corrected chi connectivity index (χ0v) is 18.7. The van der Waals surface area contributed by atoms with E-state index in [-0.39, 0.29) is 11.3 Å². The number of rotatable bonds is 8. The van der Waals surface area contributed by atoms with Gasteiger partial charge in [-0.3, -0.25) is 9.59 Å². The fraction of sp³-hybridized carbons (Fsp3) is 0.385. The molecule has 1 aliphatic heterocycles. The van der Waals surface area contributed by atoms with Crippen molar-refractivity contribution in [3.05, 3.63) is 70.8 Å². The maximum absolute atomic E-state index is 13.0. The van der Waals surface area contributed by atoms with E-state index in [4.69, 9.17) is 4.74 Å². The number of aliphatic hydroxyl groups is 1. The smallest absolute Gasteiger partial charge is 0.295 e. The van der Waals surface area contributed by atoms with Crippen LogP contribution in [-0.4, -0.2) is 34.8 Å². The summed E-state index contributed by atoms with van der Waals surface area (Å²) in [5.41, 5.74) is 2.58. The third-order valence-electron chi connectivity index (χ3n) is 5.40. The molecule has 1 atom stereocenters. The van der Waals surface area contributed by atoms with Gasteiger partial charge >= 0.3 is 0 Å². The summed E-state index contributed by atoms with van der Waals surface area (Å²) >= 11 is 0. The van der Waals surface area contributed by atoms with E-state index in [2.05, 4.69) is 20.8 Å². The number of aliphatic hydroxyl groups excluding tert-OH is 1. The summed E-state index contributed by atoms with van der Waals surface area (Å²) in [5, 5.41) is 11.2. The van der Waals surface area contributed by atoms with E-state index in [1.807, 2.05) is 37.3 Å². The number of Topliss-reactive ketones (excluding diaryl/α,β-unsaturated/α-hetero) is 1. The lowest BCUT2D eigenvalue weighted by molar-refractivity contribution is -0.139. The van der Waals surface area contributed by atoms with Crippen LogP contribution < -0.4 is 4.74 Å². The van der Waals surface area contributed by atoms with Crippen molar-refractivity contribution >= 4 is 17.4 Å². The molecule has 5 nitrogen and oxygen atoms in total. The van der Waals surface area contributed by atoms with Crippen LogP contribution in [-0.2, 0) is 16.0 Å². The molecule has 1 fully saturated rings. The first-order chi connectivity index (χ1) is 14.9. The number of amides is 1. The largest absolute Gasteiger partial charge is 0.507 e. The zero-order valence-electron chi connectivity index (χ0n) is 18.7. The van der Waals surface area contributed by atoms with Crippen LogP contribution in [0.15, 0.2) is 54.1 Å². The Kier molecular flexibility index (Phi) is 7.16. The number of benzene rings is 2. The van der Waals surface area contributed by atoms with E-state index < -0.39 is 17.7 Å². The van der Waals surface area contributed by atoms with Crippen molar-refractivity contribution in [1.82, 2.24) is 4.90 Å². The first-order valence-corrected chi connectivity index (χ1v) is 11.0. The topological polar surface area (TPSA) is 66.8 Å². The van der Waals surface area contributed by atoms with Crippen LogP contribution >= 0.6 is 0 Å². The Morgan fingerprint density at radius 2 is 1.81 bits per heavy atom. The minimum absolute atomic E-state index is 0.128. The Morgan fingerprint density at radius 1 is 1.10 bits per heavy atom. The maximum Gasteiger partial charge on any atom is 0.295 e. The van der Waals surface area contributed by atoms with E-state index in [1.165, 1.54) is 5.56 Å². The third kappa shape index (κ3) is 4.82. The van der Waals surface area contributed by atoms with Crippen molar-refractivity contribution < 1.29 is 19.4 Å². The molecule has 164 valence electrons. The highest BCUT2D eigenvalue weighted by molar-refractivity contribution is 6.46. The SMILES string of the molecule is CCCN1C(=O)C(=O)/C(=C(\O)c2cccc(OCC(C)C)c2)C1c1ccc(CC)cc1. The quantitative estimate of drug-likeness (QED) is 0.365. The Labute approximate surface area is 184 Å². The Balaban J connectivity index is 2.08. The highest BCUT2D eigenvalue weighted by Crippen LogP contribution is 2.39. The van der Waals surface area contributed by atoms with Crippen LogP contribution in [0.1, 0.15) is 56.8 Å². The summed E-state index contributed by atoms with van der Waals surface area (Å²) in [7, 11) is 0. The normalized spacial score (nSPS) is 18.1. The van der Waals surface area contributed by atoms with Gasteiger partial charge in [0.25, 0.3) is 11.7 Å². The van der Waals surface area contributed by atoms with Gasteiger partial charge in [-0.1, -0.05) is 64.1 Å². The van der Waals surface area contributed by atoms with Crippen molar-refractivity contribution in [2.75, 3.05) is 13.2 Å². The zero-order chi connectivity index (χ0) is 22.5. The predicted molar refractivity (Wildman–Crippen MR) is 122 cm³/mol. The van der Waals surface area contributed by atoms with Crippen LogP contribution in [0, 0.1) is 5.92 Å². The highest BCUT2D eigenvalue weighted by atomic mass is 16.5. The molecule has 0 radical (unpaired) electrons. The Bertz CT molecular complexity index is 975. The van der Waals surface area contributed by atoms with Crippen molar-refractivity contribution in [3.63, 3.8) is 0 Å². The molecule has 5 heteroatoms. The monoisotopic (exact) mass is 421 g/mol. The maximum atomic E-state index is 13.0. The summed E-state index contributed by atoms with van der Waals surface area (Å²) in [6.45, 7) is 9.15. The van der Waals surface area contributed by atoms with E-state index in [0.29, 0.717) is 30.4 Å². The molecule has 0 aliphatic carbocycles. The minimum Gasteiger partial charge on any atom is -0.507 e. The predicted octanol–water partition coefficient (Wildman–Crippen LogP) is 5.12. The summed E-state index contributed by atoms with van der Waals surface area (Å²) in [6, 6.07) is 14.3. The number of ether oxygens (including phenoxy) is 1. The molecule has 1 aliphatic rings. The van der Waals surface area contributed by atoms with Gasteiger partial charge in [-0.15, -0.1) is 0 Å². The molecule has 1 saturated heterocycles. The number of aryl methyl sites for hydroxylation is 1. The molecular weight excluding hydrogens is 390 g/mol. The van der Waals surface area contributed by atoms with Crippen molar-refractivity contribution in [2.45, 2.75) is 46.6 Å². The molecule has 1 N–H and O–H groups in total. The van der Waals surface area contributed by atoms with Gasteiger partial charge in [0.2, 0.25) is 0 Å². The van der Waals surface area contributed by atoms with Gasteiger partial charge in [0.1, 0.15) is 11.5 Å². The number of ketones is 1. The van der Waals surface area contributed by atoms with Crippen molar-refractivity contribution in [3.8, 4) is 5.75 Å². The second kappa shape index (κ2) is 9.82. The number of likely N-dealkylation sites (tertiary alicyclic amines) is 1. The minimum atomic E-state index is -0.649. The second-order valence-electron chi connectivity index (χ2n) is 8.32. The van der Waals surface area contributed by atoms with E-state index in [1.54, 1.807) is 23.1 Å². The van der Waals surface area contributed by atoms with E-state index in [0.717, 1.165) is 18.4 Å². The molecule has 2 aromatic rings. The summed E-state index contributed by atoms with van der Waals surface area (Å²) in [6.07, 6.45) is 1.62. The number of hydrogen-bond acceptors (Lipinski definition) is 4. The molecule has 3 rings (SSSR count). The van der Waals surface area contributed by atoms with E-state index >= 15 is 0 Å². The first kappa shape index (κ1) is 22.6. The third-order valence-corrected chi connectivity index (χ3v) is 5.40. The van der Waals surface area contributed by atoms with Crippen LogP contribution in [0.4, 0.5) is 0 Å². The summed E-state index contributed by atoms with van der Waals surface area (Å²) in [4.78, 5) is 27.3. The molecule has 1 heterocycles. The summed E-state index contributed by atoms with van der Waals surface area (Å²) in [5.74, 6) is -0.409. The molecule has 1 amide bonds. The molecule has 2 aromatic carbocycles. The molecular formula is C26H31NO4. The van der Waals surface area contributed by atoms with Crippen LogP contribution in [0.3, 0.4) is 0 Å². The fourth-order valence-electron chi connectivity index (χ4n) is 3.79. The Hall–Kier alpha value is -3.08. The fourth-order valence-corrected chi connectivity index (χ4v) is 3.79. The highest BCUT2D eigenvalue weighted by Gasteiger charge is 2.45. The lowest BCUT2D eigenvalue weighted by atomic mass is 9.94. The van der Waals surface area contributed by atoms with Gasteiger partial charge in [-0.25, -0.2) is 0 Å². The lowest BCUT2D eigenvalue weighted by Crippen LogP contribution is -2.30. The molecule has 1 unspecified atom stereocenters. The molecule has 31 heavy (non-hydrogen) atoms. The first-order valence-electron chi connectivity index (χ1n) is 11.0.